The monoisotopic (exact) mass is 449 g/mol. The number of hydrogen-bond donors (Lipinski definition) is 1. The van der Waals surface area contributed by atoms with E-state index >= 15 is 0 Å². The van der Waals surface area contributed by atoms with Crippen LogP contribution in [0.3, 0.4) is 0 Å². The minimum atomic E-state index is -0.801. The molecule has 172 valence electrons. The van der Waals surface area contributed by atoms with Crippen LogP contribution in [0.15, 0.2) is 109 Å². The minimum Gasteiger partial charge on any atom is -0.481 e. The number of carboxylic acid groups (broad SMARTS) is 1. The van der Waals surface area contributed by atoms with E-state index in [1.807, 2.05) is 54.6 Å². The molecule has 3 nitrogen and oxygen atoms in total. The summed E-state index contributed by atoms with van der Waals surface area (Å²) in [6, 6.07) is 37.0. The molecule has 0 unspecified atom stereocenters. The molecule has 0 aliphatic carbocycles. The first-order valence-corrected chi connectivity index (χ1v) is 11.8. The van der Waals surface area contributed by atoms with Crippen molar-refractivity contribution < 1.29 is 9.90 Å². The van der Waals surface area contributed by atoms with Crippen molar-refractivity contribution in [1.29, 1.82) is 0 Å². The van der Waals surface area contributed by atoms with E-state index in [9.17, 15) is 9.90 Å². The Morgan fingerprint density at radius 3 is 2.09 bits per heavy atom. The summed E-state index contributed by atoms with van der Waals surface area (Å²) in [5.41, 5.74) is 6.83. The number of hydrogen-bond acceptors (Lipinski definition) is 2. The normalized spacial score (nSPS) is 12.9. The van der Waals surface area contributed by atoms with Crippen LogP contribution >= 0.6 is 0 Å². The van der Waals surface area contributed by atoms with Gasteiger partial charge in [0.25, 0.3) is 0 Å². The van der Waals surface area contributed by atoms with Crippen molar-refractivity contribution in [2.75, 3.05) is 0 Å². The smallest absolute Gasteiger partial charge is 0.305 e. The molecule has 0 aliphatic heterocycles. The molecule has 0 saturated carbocycles. The molecule has 4 aromatic rings. The second-order valence-electron chi connectivity index (χ2n) is 8.80. The maximum atomic E-state index is 12.1. The number of carboxylic acids is 1. The molecule has 0 spiro atoms. The highest BCUT2D eigenvalue weighted by molar-refractivity contribution is 5.70. The van der Waals surface area contributed by atoms with Crippen LogP contribution in [0.4, 0.5) is 0 Å². The number of nitrogens with zero attached hydrogens (tertiary/aromatic N) is 1. The molecule has 0 radical (unpaired) electrons. The molecular weight excluding hydrogens is 418 g/mol. The largest absolute Gasteiger partial charge is 0.481 e. The topological polar surface area (TPSA) is 40.5 Å². The van der Waals surface area contributed by atoms with Crippen LogP contribution in [-0.4, -0.2) is 16.0 Å². The molecule has 0 heterocycles. The van der Waals surface area contributed by atoms with Gasteiger partial charge in [0.05, 0.1) is 6.42 Å². The van der Waals surface area contributed by atoms with E-state index in [4.69, 9.17) is 0 Å². The van der Waals surface area contributed by atoms with Crippen molar-refractivity contribution >= 4 is 5.97 Å². The van der Waals surface area contributed by atoms with Gasteiger partial charge in [0.15, 0.2) is 0 Å². The van der Waals surface area contributed by atoms with Gasteiger partial charge < -0.3 is 5.11 Å². The Morgan fingerprint density at radius 1 is 0.794 bits per heavy atom. The molecule has 4 rings (SSSR count). The van der Waals surface area contributed by atoms with Gasteiger partial charge in [-0.25, -0.2) is 0 Å². The van der Waals surface area contributed by atoms with E-state index in [0.717, 1.165) is 16.7 Å². The number of carbonyl (C=O) groups is 1. The summed E-state index contributed by atoms with van der Waals surface area (Å²) in [6.45, 7) is 4.93. The van der Waals surface area contributed by atoms with Gasteiger partial charge in [-0.2, -0.15) is 0 Å². The molecule has 4 aromatic carbocycles. The molecule has 0 amide bonds. The van der Waals surface area contributed by atoms with E-state index < -0.39 is 5.97 Å². The summed E-state index contributed by atoms with van der Waals surface area (Å²) in [6.07, 6.45) is 0.0290. The average molecular weight is 450 g/mol. The summed E-state index contributed by atoms with van der Waals surface area (Å²) in [5, 5.41) is 9.92. The molecule has 1 N–H and O–H groups in total. The fourth-order valence-corrected chi connectivity index (χ4v) is 4.64. The number of aryl methyl sites for hydroxylation is 1. The first-order valence-electron chi connectivity index (χ1n) is 11.8. The lowest BCUT2D eigenvalue weighted by Crippen LogP contribution is -2.32. The Morgan fingerprint density at radius 2 is 1.41 bits per heavy atom. The molecule has 0 bridgehead atoms. The van der Waals surface area contributed by atoms with Crippen LogP contribution < -0.4 is 0 Å². The number of benzene rings is 4. The molecule has 2 atom stereocenters. The third-order valence-corrected chi connectivity index (χ3v) is 6.48. The molecular formula is C31H31NO2. The quantitative estimate of drug-likeness (QED) is 0.289. The zero-order valence-corrected chi connectivity index (χ0v) is 19.8. The lowest BCUT2D eigenvalue weighted by atomic mass is 9.93. The molecule has 0 fully saturated rings. The maximum Gasteiger partial charge on any atom is 0.305 e. The standard InChI is InChI=1S/C31H31NO2/c1-23-12-9-10-19-29(23)27-17-11-18-28(20-27)30(21-31(33)34)32(22-25-13-5-3-6-14-25)24(2)26-15-7-4-8-16-26/h3-20,24,30H,21-22H2,1-2H3,(H,33,34)/t24-,30+/m1/s1. The number of aliphatic carboxylic acids is 1. The third-order valence-electron chi connectivity index (χ3n) is 6.48. The van der Waals surface area contributed by atoms with E-state index in [-0.39, 0.29) is 18.5 Å². The van der Waals surface area contributed by atoms with Gasteiger partial charge in [-0.1, -0.05) is 103 Å². The lowest BCUT2D eigenvalue weighted by Gasteiger charge is -2.37. The summed E-state index contributed by atoms with van der Waals surface area (Å²) in [5.74, 6) is -0.801. The first kappa shape index (κ1) is 23.5. The zero-order valence-electron chi connectivity index (χ0n) is 19.8. The maximum absolute atomic E-state index is 12.1. The van der Waals surface area contributed by atoms with Crippen LogP contribution in [0.5, 0.6) is 0 Å². The van der Waals surface area contributed by atoms with Gasteiger partial charge in [0, 0.05) is 18.6 Å². The van der Waals surface area contributed by atoms with Crippen molar-refractivity contribution in [3.8, 4) is 11.1 Å². The van der Waals surface area contributed by atoms with Crippen molar-refractivity contribution in [3.63, 3.8) is 0 Å². The molecule has 3 heteroatoms. The third kappa shape index (κ3) is 5.62. The van der Waals surface area contributed by atoms with Crippen LogP contribution in [-0.2, 0) is 11.3 Å². The SMILES string of the molecule is Cc1ccccc1-c1cccc([C@H](CC(=O)O)N(Cc2ccccc2)[C@H](C)c2ccccc2)c1. The highest BCUT2D eigenvalue weighted by Crippen LogP contribution is 2.36. The minimum absolute atomic E-state index is 0.0290. The van der Waals surface area contributed by atoms with Gasteiger partial charge in [-0.05, 0) is 53.3 Å². The molecule has 0 saturated heterocycles. The van der Waals surface area contributed by atoms with Gasteiger partial charge in [0.2, 0.25) is 0 Å². The second-order valence-corrected chi connectivity index (χ2v) is 8.80. The van der Waals surface area contributed by atoms with Gasteiger partial charge in [-0.3, -0.25) is 9.69 Å². The van der Waals surface area contributed by atoms with Gasteiger partial charge in [-0.15, -0.1) is 0 Å². The van der Waals surface area contributed by atoms with Crippen LogP contribution in [0, 0.1) is 6.92 Å². The molecule has 34 heavy (non-hydrogen) atoms. The fourth-order valence-electron chi connectivity index (χ4n) is 4.64. The Labute approximate surface area is 202 Å². The Balaban J connectivity index is 1.79. The Hall–Kier alpha value is -3.69. The van der Waals surface area contributed by atoms with Crippen molar-refractivity contribution in [1.82, 2.24) is 4.90 Å². The molecule has 0 aliphatic rings. The van der Waals surface area contributed by atoms with Gasteiger partial charge >= 0.3 is 5.97 Å². The van der Waals surface area contributed by atoms with Crippen LogP contribution in [0.25, 0.3) is 11.1 Å². The van der Waals surface area contributed by atoms with Gasteiger partial charge in [0.1, 0.15) is 0 Å². The van der Waals surface area contributed by atoms with Crippen molar-refractivity contribution in [3.05, 3.63) is 131 Å². The average Bonchev–Trinajstić information content (AvgIpc) is 2.87. The van der Waals surface area contributed by atoms with Crippen molar-refractivity contribution in [2.24, 2.45) is 0 Å². The summed E-state index contributed by atoms with van der Waals surface area (Å²) < 4.78 is 0. The van der Waals surface area contributed by atoms with E-state index in [1.54, 1.807) is 0 Å². The van der Waals surface area contributed by atoms with E-state index in [0.29, 0.717) is 6.54 Å². The van der Waals surface area contributed by atoms with Crippen LogP contribution in [0.2, 0.25) is 0 Å². The highest BCUT2D eigenvalue weighted by Gasteiger charge is 2.28. The summed E-state index contributed by atoms with van der Waals surface area (Å²) >= 11 is 0. The predicted octanol–water partition coefficient (Wildman–Crippen LogP) is 7.44. The first-order chi connectivity index (χ1) is 16.5. The second kappa shape index (κ2) is 11.0. The lowest BCUT2D eigenvalue weighted by molar-refractivity contribution is -0.138. The zero-order chi connectivity index (χ0) is 23.9. The predicted molar refractivity (Wildman–Crippen MR) is 138 cm³/mol. The Kier molecular flexibility index (Phi) is 7.56. The highest BCUT2D eigenvalue weighted by atomic mass is 16.4. The van der Waals surface area contributed by atoms with E-state index in [2.05, 4.69) is 73.3 Å². The van der Waals surface area contributed by atoms with Crippen molar-refractivity contribution in [2.45, 2.75) is 38.9 Å². The fraction of sp³-hybridized carbons (Fsp3) is 0.194. The van der Waals surface area contributed by atoms with Crippen LogP contribution in [0.1, 0.15) is 47.7 Å². The Bertz CT molecular complexity index is 1220. The van der Waals surface area contributed by atoms with E-state index in [1.165, 1.54) is 16.7 Å². The molecule has 0 aromatic heterocycles. The number of rotatable bonds is 9. The summed E-state index contributed by atoms with van der Waals surface area (Å²) in [4.78, 5) is 14.4. The summed E-state index contributed by atoms with van der Waals surface area (Å²) in [7, 11) is 0.